The lowest BCUT2D eigenvalue weighted by Gasteiger charge is -2.35. The summed E-state index contributed by atoms with van der Waals surface area (Å²) in [6.07, 6.45) is 1.58. The van der Waals surface area contributed by atoms with Gasteiger partial charge in [0.05, 0.1) is 19.3 Å². The van der Waals surface area contributed by atoms with E-state index in [-0.39, 0.29) is 6.04 Å². The molecule has 0 aromatic carbocycles. The molecule has 2 heterocycles. The maximum atomic E-state index is 5.75. The molecule has 17 heavy (non-hydrogen) atoms. The van der Waals surface area contributed by atoms with E-state index in [1.807, 2.05) is 13.0 Å². The highest BCUT2D eigenvalue weighted by molar-refractivity contribution is 5.49. The van der Waals surface area contributed by atoms with Gasteiger partial charge in [0.25, 0.3) is 0 Å². The molecule has 1 fully saturated rings. The van der Waals surface area contributed by atoms with Gasteiger partial charge in [-0.15, -0.1) is 0 Å². The van der Waals surface area contributed by atoms with Gasteiger partial charge in [-0.1, -0.05) is 0 Å². The molecule has 6 heteroatoms. The van der Waals surface area contributed by atoms with Crippen LogP contribution in [0.15, 0.2) is 12.4 Å². The van der Waals surface area contributed by atoms with E-state index >= 15 is 0 Å². The summed E-state index contributed by atoms with van der Waals surface area (Å²) < 4.78 is 5.42. The van der Waals surface area contributed by atoms with Crippen molar-refractivity contribution < 1.29 is 4.74 Å². The lowest BCUT2D eigenvalue weighted by Crippen LogP contribution is -2.49. The maximum Gasteiger partial charge on any atom is 0.134 e. The number of nitrogens with zero attached hydrogens (tertiary/aromatic N) is 3. The lowest BCUT2D eigenvalue weighted by molar-refractivity contribution is 0.0958. The van der Waals surface area contributed by atoms with E-state index < -0.39 is 0 Å². The predicted molar refractivity (Wildman–Crippen MR) is 67.2 cm³/mol. The van der Waals surface area contributed by atoms with Gasteiger partial charge >= 0.3 is 0 Å². The highest BCUT2D eigenvalue weighted by Gasteiger charge is 2.23. The Labute approximate surface area is 101 Å². The second kappa shape index (κ2) is 5.79. The number of aromatic nitrogens is 2. The van der Waals surface area contributed by atoms with Crippen molar-refractivity contribution in [2.75, 3.05) is 43.1 Å². The van der Waals surface area contributed by atoms with Crippen LogP contribution in [0.2, 0.25) is 0 Å². The van der Waals surface area contributed by atoms with Crippen LogP contribution in [0, 0.1) is 0 Å². The molecule has 1 aromatic rings. The van der Waals surface area contributed by atoms with Crippen molar-refractivity contribution in [3.05, 3.63) is 12.4 Å². The van der Waals surface area contributed by atoms with Crippen molar-refractivity contribution in [1.82, 2.24) is 9.97 Å². The minimum atomic E-state index is 0.202. The van der Waals surface area contributed by atoms with Crippen LogP contribution in [0.1, 0.15) is 6.92 Å². The van der Waals surface area contributed by atoms with Crippen molar-refractivity contribution in [2.45, 2.75) is 13.0 Å². The van der Waals surface area contributed by atoms with Gasteiger partial charge in [0.15, 0.2) is 0 Å². The molecule has 1 atom stereocenters. The predicted octanol–water partition coefficient (Wildman–Crippen LogP) is 0.0723. The summed E-state index contributed by atoms with van der Waals surface area (Å²) >= 11 is 0. The highest BCUT2D eigenvalue weighted by atomic mass is 16.5. The van der Waals surface area contributed by atoms with Crippen LogP contribution in [0.5, 0.6) is 0 Å². The Morgan fingerprint density at radius 3 is 3.24 bits per heavy atom. The van der Waals surface area contributed by atoms with E-state index in [2.05, 4.69) is 20.2 Å². The first kappa shape index (κ1) is 12.1. The fraction of sp³-hybridized carbons (Fsp3) is 0.636. The van der Waals surface area contributed by atoms with Crippen LogP contribution < -0.4 is 16.0 Å². The lowest BCUT2D eigenvalue weighted by atomic mass is 10.2. The monoisotopic (exact) mass is 237 g/mol. The first-order valence-electron chi connectivity index (χ1n) is 5.95. The molecule has 94 valence electrons. The largest absolute Gasteiger partial charge is 0.377 e. The fourth-order valence-corrected chi connectivity index (χ4v) is 1.93. The van der Waals surface area contributed by atoms with Crippen LogP contribution in [0.3, 0.4) is 0 Å². The molecule has 0 saturated carbocycles. The van der Waals surface area contributed by atoms with Crippen molar-refractivity contribution in [2.24, 2.45) is 5.73 Å². The van der Waals surface area contributed by atoms with Crippen molar-refractivity contribution in [1.29, 1.82) is 0 Å². The molecule has 1 aliphatic heterocycles. The smallest absolute Gasteiger partial charge is 0.134 e. The Kier molecular flexibility index (Phi) is 4.11. The van der Waals surface area contributed by atoms with Gasteiger partial charge in [-0.05, 0) is 6.92 Å². The number of hydrogen-bond donors (Lipinski definition) is 2. The number of ether oxygens (including phenoxy) is 1. The van der Waals surface area contributed by atoms with Gasteiger partial charge in [-0.25, -0.2) is 9.97 Å². The zero-order chi connectivity index (χ0) is 12.1. The minimum absolute atomic E-state index is 0.202. The summed E-state index contributed by atoms with van der Waals surface area (Å²) in [5.74, 6) is 1.76. The fourth-order valence-electron chi connectivity index (χ4n) is 1.93. The van der Waals surface area contributed by atoms with Gasteiger partial charge in [0.2, 0.25) is 0 Å². The molecule has 2 rings (SSSR count). The van der Waals surface area contributed by atoms with Gasteiger partial charge in [0, 0.05) is 25.7 Å². The van der Waals surface area contributed by atoms with Crippen molar-refractivity contribution in [3.8, 4) is 0 Å². The van der Waals surface area contributed by atoms with Crippen LogP contribution in [0.25, 0.3) is 0 Å². The number of morpholine rings is 1. The molecular formula is C11H19N5O. The Balaban J connectivity index is 2.16. The molecule has 0 aliphatic carbocycles. The molecule has 0 spiro atoms. The van der Waals surface area contributed by atoms with Gasteiger partial charge < -0.3 is 20.7 Å². The number of rotatable bonds is 4. The molecule has 1 unspecified atom stereocenters. The zero-order valence-electron chi connectivity index (χ0n) is 10.1. The Hall–Kier alpha value is -1.40. The van der Waals surface area contributed by atoms with E-state index in [0.29, 0.717) is 13.2 Å². The van der Waals surface area contributed by atoms with E-state index in [1.165, 1.54) is 0 Å². The average Bonchev–Trinajstić information content (AvgIpc) is 2.39. The van der Waals surface area contributed by atoms with Crippen LogP contribution in [-0.2, 0) is 4.74 Å². The molecule has 0 amide bonds. The zero-order valence-corrected chi connectivity index (χ0v) is 10.1. The van der Waals surface area contributed by atoms with Gasteiger partial charge in [0.1, 0.15) is 18.0 Å². The molecular weight excluding hydrogens is 218 g/mol. The van der Waals surface area contributed by atoms with Crippen molar-refractivity contribution in [3.63, 3.8) is 0 Å². The van der Waals surface area contributed by atoms with Gasteiger partial charge in [-0.2, -0.15) is 0 Å². The maximum absolute atomic E-state index is 5.75. The topological polar surface area (TPSA) is 76.3 Å². The number of anilines is 2. The Morgan fingerprint density at radius 1 is 1.59 bits per heavy atom. The minimum Gasteiger partial charge on any atom is -0.377 e. The second-order valence-corrected chi connectivity index (χ2v) is 3.95. The summed E-state index contributed by atoms with van der Waals surface area (Å²) in [6, 6.07) is 2.16. The normalized spacial score (nSPS) is 20.4. The van der Waals surface area contributed by atoms with Crippen LogP contribution >= 0.6 is 0 Å². The summed E-state index contributed by atoms with van der Waals surface area (Å²) in [5.41, 5.74) is 5.75. The van der Waals surface area contributed by atoms with Crippen molar-refractivity contribution >= 4 is 11.6 Å². The molecule has 3 N–H and O–H groups in total. The number of nitrogens with one attached hydrogen (secondary N) is 1. The summed E-state index contributed by atoms with van der Waals surface area (Å²) in [6.45, 7) is 5.66. The molecule has 6 nitrogen and oxygen atoms in total. The second-order valence-electron chi connectivity index (χ2n) is 3.95. The van der Waals surface area contributed by atoms with E-state index in [1.54, 1.807) is 6.33 Å². The summed E-state index contributed by atoms with van der Waals surface area (Å²) in [7, 11) is 0. The van der Waals surface area contributed by atoms with Gasteiger partial charge in [-0.3, -0.25) is 0 Å². The number of hydrogen-bond acceptors (Lipinski definition) is 6. The molecule has 0 radical (unpaired) electrons. The molecule has 1 aromatic heterocycles. The highest BCUT2D eigenvalue weighted by Crippen LogP contribution is 2.18. The van der Waals surface area contributed by atoms with E-state index in [4.69, 9.17) is 10.5 Å². The Morgan fingerprint density at radius 2 is 2.47 bits per heavy atom. The number of nitrogens with two attached hydrogens (primary N) is 1. The molecule has 1 saturated heterocycles. The Bertz CT molecular complexity index is 359. The standard InChI is InChI=1S/C11H19N5O/c1-2-13-10-5-11(15-8-14-10)16-3-4-17-7-9(16)6-12/h5,8-9H,2-4,6-7,12H2,1H3,(H,13,14,15). The van der Waals surface area contributed by atoms with Crippen LogP contribution in [0.4, 0.5) is 11.6 Å². The molecule has 0 bridgehead atoms. The third-order valence-electron chi connectivity index (χ3n) is 2.80. The summed E-state index contributed by atoms with van der Waals surface area (Å²) in [5, 5.41) is 3.18. The third kappa shape index (κ3) is 2.83. The third-order valence-corrected chi connectivity index (χ3v) is 2.80. The van der Waals surface area contributed by atoms with Crippen LogP contribution in [-0.4, -0.2) is 48.9 Å². The molecule has 1 aliphatic rings. The average molecular weight is 237 g/mol. The van der Waals surface area contributed by atoms with E-state index in [0.717, 1.165) is 31.3 Å². The van der Waals surface area contributed by atoms with E-state index in [9.17, 15) is 0 Å². The first-order valence-corrected chi connectivity index (χ1v) is 5.95. The summed E-state index contributed by atoms with van der Waals surface area (Å²) in [4.78, 5) is 10.7. The SMILES string of the molecule is CCNc1cc(N2CCOCC2CN)ncn1. The quantitative estimate of drug-likeness (QED) is 0.772. The first-order chi connectivity index (χ1) is 8.35.